The van der Waals surface area contributed by atoms with Gasteiger partial charge in [-0.2, -0.15) is 0 Å². The number of hydrogen-bond donors (Lipinski definition) is 2. The van der Waals surface area contributed by atoms with Crippen LogP contribution in [0.2, 0.25) is 0 Å². The molecule has 0 saturated carbocycles. The van der Waals surface area contributed by atoms with Gasteiger partial charge in [-0.25, -0.2) is 9.97 Å². The minimum atomic E-state index is 0.311. The fraction of sp³-hybridized carbons (Fsp3) is 0.364. The van der Waals surface area contributed by atoms with Crippen LogP contribution in [0.25, 0.3) is 22.3 Å². The quantitative estimate of drug-likeness (QED) is 0.291. The lowest BCUT2D eigenvalue weighted by atomic mass is 10.1. The fourth-order valence-electron chi connectivity index (χ4n) is 2.94. The SMILES string of the molecule is CCOCCOCCOCCOc1c(N)ccc2nc(-c3cccc(Br)c3)nc(N)c12. The summed E-state index contributed by atoms with van der Waals surface area (Å²) >= 11 is 3.47. The van der Waals surface area contributed by atoms with Crippen LogP contribution in [0, 0.1) is 0 Å². The van der Waals surface area contributed by atoms with Crippen molar-refractivity contribution in [3.63, 3.8) is 0 Å². The van der Waals surface area contributed by atoms with E-state index in [1.807, 2.05) is 37.3 Å². The van der Waals surface area contributed by atoms with E-state index in [4.69, 9.17) is 30.4 Å². The molecule has 0 bridgehead atoms. The van der Waals surface area contributed by atoms with Crippen LogP contribution in [0.1, 0.15) is 6.92 Å². The van der Waals surface area contributed by atoms with Crippen LogP contribution in [0.3, 0.4) is 0 Å². The van der Waals surface area contributed by atoms with E-state index in [1.165, 1.54) is 0 Å². The molecule has 0 fully saturated rings. The lowest BCUT2D eigenvalue weighted by Gasteiger charge is -2.14. The first kappa shape index (κ1) is 23.2. The number of nitrogen functional groups attached to an aromatic ring is 2. The zero-order chi connectivity index (χ0) is 22.1. The smallest absolute Gasteiger partial charge is 0.162 e. The Balaban J connectivity index is 1.61. The molecule has 0 atom stereocenters. The summed E-state index contributed by atoms with van der Waals surface area (Å²) in [6.07, 6.45) is 0. The zero-order valence-corrected chi connectivity index (χ0v) is 19.1. The van der Waals surface area contributed by atoms with Gasteiger partial charge in [-0.3, -0.25) is 0 Å². The van der Waals surface area contributed by atoms with Crippen molar-refractivity contribution in [2.45, 2.75) is 6.92 Å². The third kappa shape index (κ3) is 6.51. The Morgan fingerprint density at radius 1 is 0.871 bits per heavy atom. The molecule has 0 radical (unpaired) electrons. The predicted octanol–water partition coefficient (Wildman–Crippen LogP) is 3.67. The predicted molar refractivity (Wildman–Crippen MR) is 125 cm³/mol. The van der Waals surface area contributed by atoms with E-state index in [9.17, 15) is 0 Å². The normalized spacial score (nSPS) is 11.2. The van der Waals surface area contributed by atoms with Gasteiger partial charge in [0.1, 0.15) is 12.4 Å². The van der Waals surface area contributed by atoms with Gasteiger partial charge in [0.2, 0.25) is 0 Å². The number of benzene rings is 2. The first-order valence-electron chi connectivity index (χ1n) is 10.1. The molecule has 2 aromatic carbocycles. The van der Waals surface area contributed by atoms with Crippen molar-refractivity contribution in [3.05, 3.63) is 40.9 Å². The molecule has 166 valence electrons. The lowest BCUT2D eigenvalue weighted by Crippen LogP contribution is -2.13. The zero-order valence-electron chi connectivity index (χ0n) is 17.5. The Bertz CT molecular complexity index is 1000. The van der Waals surface area contributed by atoms with Gasteiger partial charge in [-0.15, -0.1) is 0 Å². The highest BCUT2D eigenvalue weighted by Gasteiger charge is 2.15. The molecule has 3 aromatic rings. The van der Waals surface area contributed by atoms with Crippen LogP contribution in [0.5, 0.6) is 5.75 Å². The number of anilines is 2. The van der Waals surface area contributed by atoms with Crippen LogP contribution in [0.15, 0.2) is 40.9 Å². The summed E-state index contributed by atoms with van der Waals surface area (Å²) in [5.74, 6) is 1.31. The van der Waals surface area contributed by atoms with E-state index in [2.05, 4.69) is 25.9 Å². The van der Waals surface area contributed by atoms with E-state index in [0.717, 1.165) is 10.0 Å². The second-order valence-electron chi connectivity index (χ2n) is 6.59. The molecular weight excluding hydrogens is 464 g/mol. The van der Waals surface area contributed by atoms with Crippen molar-refractivity contribution >= 4 is 38.3 Å². The van der Waals surface area contributed by atoms with E-state index in [0.29, 0.717) is 80.2 Å². The summed E-state index contributed by atoms with van der Waals surface area (Å²) in [6.45, 7) is 5.47. The van der Waals surface area contributed by atoms with Gasteiger partial charge in [0, 0.05) is 16.6 Å². The average molecular weight is 491 g/mol. The summed E-state index contributed by atoms with van der Waals surface area (Å²) in [7, 11) is 0. The molecule has 0 aliphatic rings. The van der Waals surface area contributed by atoms with Crippen molar-refractivity contribution in [2.24, 2.45) is 0 Å². The fourth-order valence-corrected chi connectivity index (χ4v) is 3.34. The molecule has 8 nitrogen and oxygen atoms in total. The van der Waals surface area contributed by atoms with E-state index in [-0.39, 0.29) is 0 Å². The van der Waals surface area contributed by atoms with Crippen molar-refractivity contribution < 1.29 is 18.9 Å². The van der Waals surface area contributed by atoms with Gasteiger partial charge < -0.3 is 30.4 Å². The Morgan fingerprint density at radius 3 is 2.29 bits per heavy atom. The summed E-state index contributed by atoms with van der Waals surface area (Å²) < 4.78 is 23.0. The number of fused-ring (bicyclic) bond motifs is 1. The Kier molecular flexibility index (Phi) is 8.84. The summed E-state index contributed by atoms with van der Waals surface area (Å²) in [5, 5.41) is 0.595. The Morgan fingerprint density at radius 2 is 1.58 bits per heavy atom. The molecule has 0 aliphatic carbocycles. The molecule has 0 spiro atoms. The summed E-state index contributed by atoms with van der Waals surface area (Å²) in [4.78, 5) is 9.11. The van der Waals surface area contributed by atoms with Gasteiger partial charge in [-0.05, 0) is 31.2 Å². The topological polar surface area (TPSA) is 115 Å². The molecule has 31 heavy (non-hydrogen) atoms. The van der Waals surface area contributed by atoms with E-state index >= 15 is 0 Å². The average Bonchev–Trinajstić information content (AvgIpc) is 2.76. The molecule has 1 heterocycles. The lowest BCUT2D eigenvalue weighted by molar-refractivity contribution is 0.0115. The minimum Gasteiger partial charge on any atom is -0.488 e. The summed E-state index contributed by atoms with van der Waals surface area (Å²) in [6, 6.07) is 11.3. The van der Waals surface area contributed by atoms with Crippen molar-refractivity contribution in [2.75, 3.05) is 57.7 Å². The molecular formula is C22H27BrN4O4. The number of aromatic nitrogens is 2. The molecule has 0 unspecified atom stereocenters. The maximum absolute atomic E-state index is 6.27. The standard InChI is InChI=1S/C22H27BrN4O4/c1-2-28-8-9-29-10-11-30-12-13-31-20-17(24)6-7-18-19(20)21(25)27-22(26-18)15-4-3-5-16(23)14-15/h3-7,14H,2,8-13,24H2,1H3,(H2,25,26,27). The molecule has 3 rings (SSSR count). The second-order valence-corrected chi connectivity index (χ2v) is 7.51. The summed E-state index contributed by atoms with van der Waals surface area (Å²) in [5.41, 5.74) is 14.4. The van der Waals surface area contributed by atoms with E-state index < -0.39 is 0 Å². The highest BCUT2D eigenvalue weighted by atomic mass is 79.9. The number of nitrogens with two attached hydrogens (primary N) is 2. The highest BCUT2D eigenvalue weighted by Crippen LogP contribution is 2.35. The van der Waals surface area contributed by atoms with Crippen molar-refractivity contribution in [1.29, 1.82) is 0 Å². The van der Waals surface area contributed by atoms with Crippen molar-refractivity contribution in [1.82, 2.24) is 9.97 Å². The van der Waals surface area contributed by atoms with Crippen LogP contribution in [0.4, 0.5) is 11.5 Å². The van der Waals surface area contributed by atoms with Gasteiger partial charge in [0.05, 0.1) is 49.6 Å². The van der Waals surface area contributed by atoms with Gasteiger partial charge in [-0.1, -0.05) is 28.1 Å². The second kappa shape index (κ2) is 11.8. The third-order valence-corrected chi connectivity index (χ3v) is 4.87. The largest absolute Gasteiger partial charge is 0.488 e. The highest BCUT2D eigenvalue weighted by molar-refractivity contribution is 9.10. The first-order chi connectivity index (χ1) is 15.1. The van der Waals surface area contributed by atoms with Crippen molar-refractivity contribution in [3.8, 4) is 17.1 Å². The molecule has 4 N–H and O–H groups in total. The Labute approximate surface area is 190 Å². The van der Waals surface area contributed by atoms with Crippen LogP contribution in [-0.4, -0.2) is 56.2 Å². The first-order valence-corrected chi connectivity index (χ1v) is 10.9. The molecule has 1 aromatic heterocycles. The van der Waals surface area contributed by atoms with Gasteiger partial charge >= 0.3 is 0 Å². The number of halogens is 1. The maximum atomic E-state index is 6.27. The van der Waals surface area contributed by atoms with Crippen LogP contribution in [-0.2, 0) is 14.2 Å². The number of ether oxygens (including phenoxy) is 4. The monoisotopic (exact) mass is 490 g/mol. The third-order valence-electron chi connectivity index (χ3n) is 4.38. The molecule has 0 aliphatic heterocycles. The van der Waals surface area contributed by atoms with E-state index in [1.54, 1.807) is 6.07 Å². The Hall–Kier alpha value is -2.46. The molecule has 0 amide bonds. The molecule has 0 saturated heterocycles. The number of rotatable bonds is 12. The van der Waals surface area contributed by atoms with Gasteiger partial charge in [0.15, 0.2) is 11.6 Å². The van der Waals surface area contributed by atoms with Crippen LogP contribution < -0.4 is 16.2 Å². The maximum Gasteiger partial charge on any atom is 0.162 e. The minimum absolute atomic E-state index is 0.311. The molecule has 9 heteroatoms. The van der Waals surface area contributed by atoms with Gasteiger partial charge in [0.25, 0.3) is 0 Å². The number of nitrogens with zero attached hydrogens (tertiary/aromatic N) is 2. The van der Waals surface area contributed by atoms with Crippen LogP contribution >= 0.6 is 15.9 Å². The number of hydrogen-bond acceptors (Lipinski definition) is 8.